The van der Waals surface area contributed by atoms with Crippen LogP contribution >= 0.6 is 0 Å². The Hall–Kier alpha value is -2.34. The van der Waals surface area contributed by atoms with E-state index in [1.54, 1.807) is 11.1 Å². The maximum absolute atomic E-state index is 2.34. The van der Waals surface area contributed by atoms with Gasteiger partial charge in [-0.05, 0) is 46.2 Å². The molecule has 2 aliphatic rings. The van der Waals surface area contributed by atoms with Gasteiger partial charge in [-0.1, -0.05) is 72.8 Å². The summed E-state index contributed by atoms with van der Waals surface area (Å²) in [7, 11) is 0. The van der Waals surface area contributed by atoms with E-state index in [4.69, 9.17) is 0 Å². The predicted molar refractivity (Wildman–Crippen MR) is 91.2 cm³/mol. The summed E-state index contributed by atoms with van der Waals surface area (Å²) in [6.07, 6.45) is 2.51. The molecule has 0 amide bonds. The summed E-state index contributed by atoms with van der Waals surface area (Å²) in [4.78, 5) is 0. The van der Waals surface area contributed by atoms with Crippen molar-refractivity contribution in [3.63, 3.8) is 0 Å². The van der Waals surface area contributed by atoms with Gasteiger partial charge in [0.25, 0.3) is 0 Å². The first-order chi connectivity index (χ1) is 10.9. The fraction of sp³-hybridized carbons (Fsp3) is 0.182. The average molecular weight is 282 g/mol. The number of hydrogen-bond donors (Lipinski definition) is 0. The van der Waals surface area contributed by atoms with Crippen molar-refractivity contribution in [2.45, 2.75) is 24.7 Å². The van der Waals surface area contributed by atoms with E-state index in [0.717, 1.165) is 0 Å². The van der Waals surface area contributed by atoms with E-state index in [1.165, 1.54) is 35.1 Å². The molecule has 3 aromatic rings. The maximum Gasteiger partial charge on any atom is 0.00987 e. The van der Waals surface area contributed by atoms with Crippen LogP contribution in [0.1, 0.15) is 46.9 Å². The molecule has 2 unspecified atom stereocenters. The Balaban J connectivity index is 1.93. The highest BCUT2D eigenvalue weighted by atomic mass is 14.4. The normalized spacial score (nSPS) is 21.3. The highest BCUT2D eigenvalue weighted by molar-refractivity contribution is 5.75. The van der Waals surface area contributed by atoms with E-state index >= 15 is 0 Å². The summed E-state index contributed by atoms with van der Waals surface area (Å²) < 4.78 is 0. The SMILES string of the molecule is c1ccc2c(c1)-c1ccccc1C1CCC2c2ccccc21. The molecular formula is C22H18. The lowest BCUT2D eigenvalue weighted by Crippen LogP contribution is -2.20. The van der Waals surface area contributed by atoms with Gasteiger partial charge in [-0.2, -0.15) is 0 Å². The molecule has 0 N–H and O–H groups in total. The Morgan fingerprint density at radius 1 is 0.455 bits per heavy atom. The van der Waals surface area contributed by atoms with Gasteiger partial charge in [-0.15, -0.1) is 0 Å². The van der Waals surface area contributed by atoms with Gasteiger partial charge in [0, 0.05) is 11.8 Å². The summed E-state index contributed by atoms with van der Waals surface area (Å²) in [5, 5.41) is 0. The molecule has 2 aliphatic carbocycles. The Bertz CT molecular complexity index is 787. The fourth-order valence-corrected chi connectivity index (χ4v) is 4.53. The third-order valence-electron chi connectivity index (χ3n) is 5.45. The molecular weight excluding hydrogens is 264 g/mol. The van der Waals surface area contributed by atoms with Gasteiger partial charge in [-0.3, -0.25) is 0 Å². The molecule has 22 heavy (non-hydrogen) atoms. The lowest BCUT2D eigenvalue weighted by molar-refractivity contribution is 0.561. The van der Waals surface area contributed by atoms with Crippen LogP contribution in [-0.4, -0.2) is 0 Å². The van der Waals surface area contributed by atoms with Crippen LogP contribution in [0.3, 0.4) is 0 Å². The van der Waals surface area contributed by atoms with E-state index in [1.807, 2.05) is 0 Å². The Morgan fingerprint density at radius 2 is 0.818 bits per heavy atom. The zero-order chi connectivity index (χ0) is 14.5. The van der Waals surface area contributed by atoms with Crippen LogP contribution in [0.5, 0.6) is 0 Å². The topological polar surface area (TPSA) is 0 Å². The molecule has 0 saturated heterocycles. The van der Waals surface area contributed by atoms with Gasteiger partial charge in [0.2, 0.25) is 0 Å². The quantitative estimate of drug-likeness (QED) is 0.494. The van der Waals surface area contributed by atoms with Gasteiger partial charge in [0.1, 0.15) is 0 Å². The van der Waals surface area contributed by atoms with E-state index < -0.39 is 0 Å². The second-order valence-corrected chi connectivity index (χ2v) is 6.49. The molecule has 3 aromatic carbocycles. The highest BCUT2D eigenvalue weighted by Gasteiger charge is 2.33. The van der Waals surface area contributed by atoms with Crippen molar-refractivity contribution in [2.24, 2.45) is 0 Å². The third-order valence-corrected chi connectivity index (χ3v) is 5.45. The molecule has 0 aliphatic heterocycles. The van der Waals surface area contributed by atoms with Gasteiger partial charge >= 0.3 is 0 Å². The first-order valence-corrected chi connectivity index (χ1v) is 8.20. The molecule has 0 fully saturated rings. The minimum absolute atomic E-state index is 0.553. The summed E-state index contributed by atoms with van der Waals surface area (Å²) in [6.45, 7) is 0. The number of hydrogen-bond acceptors (Lipinski definition) is 0. The molecule has 106 valence electrons. The number of benzene rings is 3. The molecule has 2 bridgehead atoms. The van der Waals surface area contributed by atoms with Crippen LogP contribution in [0.15, 0.2) is 72.8 Å². The smallest absolute Gasteiger partial charge is 0.00987 e. The molecule has 0 radical (unpaired) electrons. The lowest BCUT2D eigenvalue weighted by Gasteiger charge is -2.37. The van der Waals surface area contributed by atoms with Crippen molar-refractivity contribution in [3.8, 4) is 11.1 Å². The van der Waals surface area contributed by atoms with E-state index in [-0.39, 0.29) is 0 Å². The Morgan fingerprint density at radius 3 is 1.27 bits per heavy atom. The van der Waals surface area contributed by atoms with Crippen molar-refractivity contribution in [1.29, 1.82) is 0 Å². The van der Waals surface area contributed by atoms with E-state index in [9.17, 15) is 0 Å². The zero-order valence-corrected chi connectivity index (χ0v) is 12.5. The van der Waals surface area contributed by atoms with Crippen LogP contribution < -0.4 is 0 Å². The second kappa shape index (κ2) is 4.58. The van der Waals surface area contributed by atoms with Crippen molar-refractivity contribution < 1.29 is 0 Å². The minimum Gasteiger partial charge on any atom is -0.0620 e. The zero-order valence-electron chi connectivity index (χ0n) is 12.5. The second-order valence-electron chi connectivity index (χ2n) is 6.49. The Kier molecular flexibility index (Phi) is 2.54. The van der Waals surface area contributed by atoms with Gasteiger partial charge < -0.3 is 0 Å². The largest absolute Gasteiger partial charge is 0.0620 e. The van der Waals surface area contributed by atoms with Gasteiger partial charge in [0.05, 0.1) is 0 Å². The molecule has 0 saturated carbocycles. The predicted octanol–water partition coefficient (Wildman–Crippen LogP) is 5.72. The first kappa shape index (κ1) is 12.2. The highest BCUT2D eigenvalue weighted by Crippen LogP contribution is 2.51. The molecule has 0 aromatic heterocycles. The molecule has 0 spiro atoms. The van der Waals surface area contributed by atoms with E-state index in [0.29, 0.717) is 11.8 Å². The van der Waals surface area contributed by atoms with Crippen molar-refractivity contribution >= 4 is 0 Å². The summed E-state index contributed by atoms with van der Waals surface area (Å²) in [5.41, 5.74) is 8.95. The van der Waals surface area contributed by atoms with Crippen LogP contribution in [0.4, 0.5) is 0 Å². The lowest BCUT2D eigenvalue weighted by atomic mass is 9.67. The summed E-state index contributed by atoms with van der Waals surface area (Å²) >= 11 is 0. The third kappa shape index (κ3) is 1.58. The van der Waals surface area contributed by atoms with Crippen LogP contribution in [0.2, 0.25) is 0 Å². The number of fused-ring (bicyclic) bond motifs is 5. The molecule has 0 nitrogen and oxygen atoms in total. The molecule has 0 heterocycles. The van der Waals surface area contributed by atoms with Crippen molar-refractivity contribution in [3.05, 3.63) is 95.1 Å². The maximum atomic E-state index is 2.34. The van der Waals surface area contributed by atoms with Crippen molar-refractivity contribution in [1.82, 2.24) is 0 Å². The summed E-state index contributed by atoms with van der Waals surface area (Å²) in [5.74, 6) is 1.11. The van der Waals surface area contributed by atoms with Gasteiger partial charge in [-0.25, -0.2) is 0 Å². The molecule has 0 heteroatoms. The molecule has 2 atom stereocenters. The van der Waals surface area contributed by atoms with Crippen LogP contribution in [-0.2, 0) is 0 Å². The first-order valence-electron chi connectivity index (χ1n) is 8.20. The average Bonchev–Trinajstić information content (AvgIpc) is 2.59. The Labute approximate surface area is 131 Å². The fourth-order valence-electron chi connectivity index (χ4n) is 4.53. The van der Waals surface area contributed by atoms with Crippen LogP contribution in [0.25, 0.3) is 11.1 Å². The van der Waals surface area contributed by atoms with Gasteiger partial charge in [0.15, 0.2) is 0 Å². The monoisotopic (exact) mass is 282 g/mol. The number of rotatable bonds is 0. The minimum atomic E-state index is 0.553. The summed E-state index contributed by atoms with van der Waals surface area (Å²) in [6, 6.07) is 27.1. The van der Waals surface area contributed by atoms with Crippen molar-refractivity contribution in [2.75, 3.05) is 0 Å². The standard InChI is InChI=1S/C22H18/c1-3-9-17-15(7-1)16-8-2-4-10-18(16)22-14-13-21(17)19-11-5-6-12-20(19)22/h1-12,21-22H,13-14H2. The van der Waals surface area contributed by atoms with E-state index in [2.05, 4.69) is 72.8 Å². The van der Waals surface area contributed by atoms with Crippen LogP contribution in [0, 0.1) is 0 Å². The molecule has 5 rings (SSSR count).